The highest BCUT2D eigenvalue weighted by molar-refractivity contribution is 7.91. The van der Waals surface area contributed by atoms with E-state index in [0.717, 1.165) is 24.5 Å². The third-order valence-electron chi connectivity index (χ3n) is 2.89. The van der Waals surface area contributed by atoms with Crippen molar-refractivity contribution >= 4 is 25.8 Å². The Kier molecular flexibility index (Phi) is 6.25. The molecule has 0 aromatic heterocycles. The molecule has 0 heterocycles. The van der Waals surface area contributed by atoms with Crippen molar-refractivity contribution in [3.05, 3.63) is 24.0 Å². The van der Waals surface area contributed by atoms with Crippen molar-refractivity contribution < 1.29 is 26.0 Å². The Hall–Kier alpha value is -1.52. The van der Waals surface area contributed by atoms with Gasteiger partial charge in [0.25, 0.3) is 0 Å². The predicted octanol–water partition coefficient (Wildman–Crippen LogP) is 0.422. The van der Waals surface area contributed by atoms with Crippen molar-refractivity contribution in [3.63, 3.8) is 0 Å². The number of sulfone groups is 1. The zero-order valence-corrected chi connectivity index (χ0v) is 14.6. The molecule has 0 bridgehead atoms. The highest BCUT2D eigenvalue weighted by Gasteiger charge is 2.24. The molecule has 1 rings (SSSR count). The average molecular weight is 366 g/mol. The second kappa shape index (κ2) is 7.37. The first-order chi connectivity index (χ1) is 10.5. The minimum atomic E-state index is -4.17. The lowest BCUT2D eigenvalue weighted by atomic mass is 10.3. The second-order valence-electron chi connectivity index (χ2n) is 5.00. The summed E-state index contributed by atoms with van der Waals surface area (Å²) in [6.45, 7) is 3.60. The molecule has 1 aromatic carbocycles. The van der Waals surface area contributed by atoms with Crippen molar-refractivity contribution in [2.75, 3.05) is 12.8 Å². The Morgan fingerprint density at radius 2 is 1.87 bits per heavy atom. The zero-order valence-electron chi connectivity index (χ0n) is 13.0. The molecule has 130 valence electrons. The molecule has 0 saturated heterocycles. The van der Waals surface area contributed by atoms with Crippen molar-refractivity contribution in [2.45, 2.75) is 36.1 Å². The number of hydrogen-bond acceptors (Lipinski definition) is 5. The third-order valence-corrected chi connectivity index (χ3v) is 5.54. The van der Waals surface area contributed by atoms with Crippen LogP contribution in [-0.2, 0) is 24.7 Å². The lowest BCUT2D eigenvalue weighted by molar-refractivity contribution is -0.122. The van der Waals surface area contributed by atoms with E-state index in [0.29, 0.717) is 13.0 Å². The number of rotatable bonds is 7. The topological polar surface area (TPSA) is 109 Å². The summed E-state index contributed by atoms with van der Waals surface area (Å²) >= 11 is 0. The summed E-state index contributed by atoms with van der Waals surface area (Å²) in [6, 6.07) is 1.36. The quantitative estimate of drug-likeness (QED) is 0.727. The van der Waals surface area contributed by atoms with Crippen LogP contribution in [0.5, 0.6) is 0 Å². The minimum Gasteiger partial charge on any atom is -0.355 e. The standard InChI is InChI=1S/C13H19FN2O5S2/c1-4-7-15-13(17)9(2)16-23(20,21)10-5-6-11(14)12(8-10)22(3,18)19/h5-6,8-9,16H,4,7H2,1-3H3,(H,15,17)/t9-/m0/s1. The van der Waals surface area contributed by atoms with E-state index in [1.807, 2.05) is 6.92 Å². The third kappa shape index (κ3) is 5.26. The maximum absolute atomic E-state index is 13.5. The van der Waals surface area contributed by atoms with E-state index in [1.165, 1.54) is 6.92 Å². The Morgan fingerprint density at radius 1 is 1.26 bits per heavy atom. The first-order valence-corrected chi connectivity index (χ1v) is 10.2. The number of benzene rings is 1. The first-order valence-electron chi connectivity index (χ1n) is 6.78. The summed E-state index contributed by atoms with van der Waals surface area (Å²) in [7, 11) is -8.09. The molecule has 0 unspecified atom stereocenters. The van der Waals surface area contributed by atoms with E-state index < -0.39 is 47.4 Å². The fourth-order valence-electron chi connectivity index (χ4n) is 1.69. The smallest absolute Gasteiger partial charge is 0.241 e. The highest BCUT2D eigenvalue weighted by atomic mass is 32.2. The normalized spacial score (nSPS) is 13.6. The van der Waals surface area contributed by atoms with Crippen LogP contribution in [0.2, 0.25) is 0 Å². The van der Waals surface area contributed by atoms with Crippen LogP contribution in [-0.4, -0.2) is 41.6 Å². The van der Waals surface area contributed by atoms with Crippen molar-refractivity contribution in [3.8, 4) is 0 Å². The van der Waals surface area contributed by atoms with Crippen LogP contribution in [0.1, 0.15) is 20.3 Å². The number of carbonyl (C=O) groups excluding carboxylic acids is 1. The molecule has 0 aliphatic rings. The van der Waals surface area contributed by atoms with Gasteiger partial charge >= 0.3 is 0 Å². The molecule has 23 heavy (non-hydrogen) atoms. The van der Waals surface area contributed by atoms with Gasteiger partial charge in [-0.1, -0.05) is 6.92 Å². The summed E-state index contributed by atoms with van der Waals surface area (Å²) < 4.78 is 63.0. The van der Waals surface area contributed by atoms with E-state index in [4.69, 9.17) is 0 Å². The van der Waals surface area contributed by atoms with Gasteiger partial charge in [0.1, 0.15) is 10.7 Å². The molecule has 7 nitrogen and oxygen atoms in total. The highest BCUT2D eigenvalue weighted by Crippen LogP contribution is 2.19. The monoisotopic (exact) mass is 366 g/mol. The number of halogens is 1. The predicted molar refractivity (Wildman–Crippen MR) is 82.6 cm³/mol. The second-order valence-corrected chi connectivity index (χ2v) is 8.70. The Bertz CT molecular complexity index is 791. The minimum absolute atomic E-state index is 0.402. The summed E-state index contributed by atoms with van der Waals surface area (Å²) in [5, 5.41) is 2.53. The number of sulfonamides is 1. The molecule has 2 N–H and O–H groups in total. The van der Waals surface area contributed by atoms with Gasteiger partial charge in [0, 0.05) is 12.8 Å². The van der Waals surface area contributed by atoms with Crippen LogP contribution in [0.15, 0.2) is 28.0 Å². The Balaban J connectivity index is 3.08. The van der Waals surface area contributed by atoms with E-state index in [1.54, 1.807) is 0 Å². The van der Waals surface area contributed by atoms with Gasteiger partial charge in [0.2, 0.25) is 15.9 Å². The molecule has 0 aliphatic carbocycles. The van der Waals surface area contributed by atoms with E-state index in [-0.39, 0.29) is 0 Å². The molecule has 1 amide bonds. The zero-order chi connectivity index (χ0) is 17.8. The van der Waals surface area contributed by atoms with Gasteiger partial charge in [-0.05, 0) is 31.5 Å². The maximum atomic E-state index is 13.5. The number of carbonyl (C=O) groups is 1. The SMILES string of the molecule is CCCNC(=O)[C@H](C)NS(=O)(=O)c1ccc(F)c(S(C)(=O)=O)c1. The van der Waals surface area contributed by atoms with Crippen LogP contribution in [0.3, 0.4) is 0 Å². The van der Waals surface area contributed by atoms with Crippen molar-refractivity contribution in [2.24, 2.45) is 0 Å². The molecule has 0 spiro atoms. The van der Waals surface area contributed by atoms with E-state index >= 15 is 0 Å². The molecular weight excluding hydrogens is 347 g/mol. The van der Waals surface area contributed by atoms with Crippen LogP contribution in [0.25, 0.3) is 0 Å². The number of amides is 1. The molecule has 1 aromatic rings. The largest absolute Gasteiger partial charge is 0.355 e. The lowest BCUT2D eigenvalue weighted by Gasteiger charge is -2.14. The Labute approximate surface area is 135 Å². The van der Waals surface area contributed by atoms with Crippen LogP contribution in [0.4, 0.5) is 4.39 Å². The van der Waals surface area contributed by atoms with Gasteiger partial charge in [-0.25, -0.2) is 21.2 Å². The summed E-state index contributed by atoms with van der Waals surface area (Å²) in [6.07, 6.45) is 1.47. The molecule has 1 atom stereocenters. The van der Waals surface area contributed by atoms with E-state index in [2.05, 4.69) is 10.0 Å². The summed E-state index contributed by atoms with van der Waals surface area (Å²) in [5.41, 5.74) is 0. The molecule has 0 fully saturated rings. The number of hydrogen-bond donors (Lipinski definition) is 2. The molecule has 0 aliphatic heterocycles. The van der Waals surface area contributed by atoms with Gasteiger partial charge in [-0.3, -0.25) is 4.79 Å². The van der Waals surface area contributed by atoms with Gasteiger partial charge in [0.15, 0.2) is 9.84 Å². The van der Waals surface area contributed by atoms with Crippen LogP contribution >= 0.6 is 0 Å². The Morgan fingerprint density at radius 3 is 2.39 bits per heavy atom. The molecule has 0 saturated carbocycles. The average Bonchev–Trinajstić information content (AvgIpc) is 2.43. The van der Waals surface area contributed by atoms with Gasteiger partial charge in [0.05, 0.1) is 10.9 Å². The molecule has 10 heteroatoms. The van der Waals surface area contributed by atoms with Crippen molar-refractivity contribution in [1.82, 2.24) is 10.0 Å². The summed E-state index contributed by atoms with van der Waals surface area (Å²) in [4.78, 5) is 10.5. The van der Waals surface area contributed by atoms with Gasteiger partial charge in [-0.2, -0.15) is 4.72 Å². The fraction of sp³-hybridized carbons (Fsp3) is 0.462. The van der Waals surface area contributed by atoms with Gasteiger partial charge in [-0.15, -0.1) is 0 Å². The molecular formula is C13H19FN2O5S2. The van der Waals surface area contributed by atoms with Crippen molar-refractivity contribution in [1.29, 1.82) is 0 Å². The summed E-state index contributed by atoms with van der Waals surface area (Å²) in [5.74, 6) is -1.55. The molecule has 0 radical (unpaired) electrons. The fourth-order valence-corrected chi connectivity index (χ4v) is 3.76. The first kappa shape index (κ1) is 19.5. The van der Waals surface area contributed by atoms with Gasteiger partial charge < -0.3 is 5.32 Å². The lowest BCUT2D eigenvalue weighted by Crippen LogP contribution is -2.44. The van der Waals surface area contributed by atoms with E-state index in [9.17, 15) is 26.0 Å². The number of nitrogens with one attached hydrogen (secondary N) is 2. The van der Waals surface area contributed by atoms with Crippen LogP contribution < -0.4 is 10.0 Å². The maximum Gasteiger partial charge on any atom is 0.241 e. The van der Waals surface area contributed by atoms with Crippen LogP contribution in [0, 0.1) is 5.82 Å².